The Balaban J connectivity index is 3.30. The lowest BCUT2D eigenvalue weighted by molar-refractivity contribution is 0.372. The van der Waals surface area contributed by atoms with E-state index in [9.17, 15) is 8.42 Å². The number of rotatable bonds is 2. The second-order valence-corrected chi connectivity index (χ2v) is 4.84. The van der Waals surface area contributed by atoms with Crippen LogP contribution in [0.3, 0.4) is 0 Å². The molecule has 0 unspecified atom stereocenters. The number of methoxy groups -OCH3 is 1. The van der Waals surface area contributed by atoms with Crippen LogP contribution in [0, 0.1) is 0 Å². The van der Waals surface area contributed by atoms with Crippen LogP contribution in [-0.2, 0) is 9.05 Å². The Morgan fingerprint density at radius 1 is 1.46 bits per heavy atom. The summed E-state index contributed by atoms with van der Waals surface area (Å²) in [5, 5.41) is 9.14. The molecule has 0 atom stereocenters. The SMILES string of the molecule is COc1cc(S(=O)(=O)Cl)ccc1O. The van der Waals surface area contributed by atoms with E-state index in [1.807, 2.05) is 0 Å². The zero-order chi connectivity index (χ0) is 10.1. The average Bonchev–Trinajstić information content (AvgIpc) is 2.03. The fourth-order valence-electron chi connectivity index (χ4n) is 0.810. The van der Waals surface area contributed by atoms with Crippen molar-refractivity contribution in [1.82, 2.24) is 0 Å². The maximum absolute atomic E-state index is 10.8. The molecule has 0 radical (unpaired) electrons. The number of ether oxygens (including phenoxy) is 1. The molecule has 0 aliphatic heterocycles. The Hall–Kier alpha value is -0.940. The smallest absolute Gasteiger partial charge is 0.261 e. The minimum atomic E-state index is -3.77. The summed E-state index contributed by atoms with van der Waals surface area (Å²) in [5.74, 6) is -0.0618. The molecule has 0 aliphatic rings. The van der Waals surface area contributed by atoms with Crippen molar-refractivity contribution in [2.75, 3.05) is 7.11 Å². The number of hydrogen-bond acceptors (Lipinski definition) is 4. The van der Waals surface area contributed by atoms with Crippen LogP contribution in [-0.4, -0.2) is 20.6 Å². The average molecular weight is 223 g/mol. The molecule has 1 N–H and O–H groups in total. The lowest BCUT2D eigenvalue weighted by Gasteiger charge is -2.03. The van der Waals surface area contributed by atoms with E-state index in [2.05, 4.69) is 0 Å². The van der Waals surface area contributed by atoms with Gasteiger partial charge in [0.2, 0.25) is 0 Å². The summed E-state index contributed by atoms with van der Waals surface area (Å²) in [6.07, 6.45) is 0. The topological polar surface area (TPSA) is 63.6 Å². The van der Waals surface area contributed by atoms with Gasteiger partial charge in [0, 0.05) is 16.7 Å². The highest BCUT2D eigenvalue weighted by atomic mass is 35.7. The van der Waals surface area contributed by atoms with Gasteiger partial charge in [-0.3, -0.25) is 0 Å². The van der Waals surface area contributed by atoms with E-state index < -0.39 is 9.05 Å². The van der Waals surface area contributed by atoms with Crippen molar-refractivity contribution in [3.63, 3.8) is 0 Å². The molecule has 0 aliphatic carbocycles. The summed E-state index contributed by atoms with van der Waals surface area (Å²) in [7, 11) is 2.62. The van der Waals surface area contributed by atoms with Crippen molar-refractivity contribution in [2.45, 2.75) is 4.90 Å². The predicted molar refractivity (Wildman–Crippen MR) is 47.7 cm³/mol. The minimum absolute atomic E-state index is 0.0710. The third-order valence-electron chi connectivity index (χ3n) is 1.43. The third-order valence-corrected chi connectivity index (χ3v) is 2.78. The summed E-state index contributed by atoms with van der Waals surface area (Å²) < 4.78 is 26.4. The maximum atomic E-state index is 10.8. The highest BCUT2D eigenvalue weighted by molar-refractivity contribution is 8.13. The zero-order valence-electron chi connectivity index (χ0n) is 6.69. The molecule has 6 heteroatoms. The van der Waals surface area contributed by atoms with Crippen molar-refractivity contribution in [2.24, 2.45) is 0 Å². The van der Waals surface area contributed by atoms with Crippen LogP contribution in [0.4, 0.5) is 0 Å². The van der Waals surface area contributed by atoms with Gasteiger partial charge < -0.3 is 9.84 Å². The quantitative estimate of drug-likeness (QED) is 0.767. The molecule has 1 rings (SSSR count). The highest BCUT2D eigenvalue weighted by Crippen LogP contribution is 2.29. The number of phenols is 1. The van der Waals surface area contributed by atoms with Crippen LogP contribution in [0.15, 0.2) is 23.1 Å². The van der Waals surface area contributed by atoms with E-state index in [-0.39, 0.29) is 16.4 Å². The molecule has 4 nitrogen and oxygen atoms in total. The van der Waals surface area contributed by atoms with Crippen LogP contribution in [0.1, 0.15) is 0 Å². The first-order valence-electron chi connectivity index (χ1n) is 3.27. The van der Waals surface area contributed by atoms with E-state index in [4.69, 9.17) is 20.5 Å². The van der Waals surface area contributed by atoms with Gasteiger partial charge in [0.1, 0.15) is 0 Å². The number of phenolic OH excluding ortho intramolecular Hbond substituents is 1. The van der Waals surface area contributed by atoms with Gasteiger partial charge >= 0.3 is 0 Å². The van der Waals surface area contributed by atoms with E-state index in [1.54, 1.807) is 0 Å². The minimum Gasteiger partial charge on any atom is -0.504 e. The molecule has 0 heterocycles. The van der Waals surface area contributed by atoms with Gasteiger partial charge in [0.25, 0.3) is 9.05 Å². The summed E-state index contributed by atoms with van der Waals surface area (Å²) in [6, 6.07) is 3.55. The van der Waals surface area contributed by atoms with Crippen molar-refractivity contribution >= 4 is 19.7 Å². The van der Waals surface area contributed by atoms with E-state index in [1.165, 1.54) is 19.2 Å². The Morgan fingerprint density at radius 2 is 2.08 bits per heavy atom. The lowest BCUT2D eigenvalue weighted by atomic mass is 10.3. The van der Waals surface area contributed by atoms with Crippen molar-refractivity contribution in [3.05, 3.63) is 18.2 Å². The maximum Gasteiger partial charge on any atom is 0.261 e. The van der Waals surface area contributed by atoms with E-state index >= 15 is 0 Å². The van der Waals surface area contributed by atoms with Gasteiger partial charge in [-0.2, -0.15) is 0 Å². The predicted octanol–water partition coefficient (Wildman–Crippen LogP) is 1.33. The number of halogens is 1. The number of benzene rings is 1. The molecule has 13 heavy (non-hydrogen) atoms. The standard InChI is InChI=1S/C7H7ClO4S/c1-12-7-4-5(13(8,10)11)2-3-6(7)9/h2-4,9H,1H3. The van der Waals surface area contributed by atoms with Crippen molar-refractivity contribution in [1.29, 1.82) is 0 Å². The van der Waals surface area contributed by atoms with Crippen LogP contribution >= 0.6 is 10.7 Å². The van der Waals surface area contributed by atoms with Crippen LogP contribution in [0.25, 0.3) is 0 Å². The van der Waals surface area contributed by atoms with Gasteiger partial charge in [-0.05, 0) is 12.1 Å². The first kappa shape index (κ1) is 10.1. The fraction of sp³-hybridized carbons (Fsp3) is 0.143. The molecule has 0 amide bonds. The largest absolute Gasteiger partial charge is 0.504 e. The molecule has 1 aromatic rings. The number of aromatic hydroxyl groups is 1. The Labute approximate surface area is 80.1 Å². The second-order valence-electron chi connectivity index (χ2n) is 2.27. The molecular weight excluding hydrogens is 216 g/mol. The normalized spacial score (nSPS) is 11.2. The molecule has 0 aromatic heterocycles. The van der Waals surface area contributed by atoms with Gasteiger partial charge in [-0.15, -0.1) is 0 Å². The Morgan fingerprint density at radius 3 is 2.54 bits per heavy atom. The van der Waals surface area contributed by atoms with E-state index in [0.717, 1.165) is 6.07 Å². The molecule has 0 saturated carbocycles. The van der Waals surface area contributed by atoms with Crippen LogP contribution in [0.2, 0.25) is 0 Å². The Bertz CT molecular complexity index is 413. The summed E-state index contributed by atoms with van der Waals surface area (Å²) >= 11 is 0. The summed E-state index contributed by atoms with van der Waals surface area (Å²) in [5.41, 5.74) is 0. The van der Waals surface area contributed by atoms with Crippen LogP contribution in [0.5, 0.6) is 11.5 Å². The number of hydrogen-bond donors (Lipinski definition) is 1. The fourth-order valence-corrected chi connectivity index (χ4v) is 1.58. The second kappa shape index (κ2) is 3.43. The molecule has 0 saturated heterocycles. The van der Waals surface area contributed by atoms with E-state index in [0.29, 0.717) is 0 Å². The summed E-state index contributed by atoms with van der Waals surface area (Å²) in [6.45, 7) is 0. The molecule has 0 spiro atoms. The van der Waals surface area contributed by atoms with Crippen molar-refractivity contribution < 1.29 is 18.3 Å². The first-order valence-corrected chi connectivity index (χ1v) is 5.58. The zero-order valence-corrected chi connectivity index (χ0v) is 8.26. The summed E-state index contributed by atoms with van der Waals surface area (Å²) in [4.78, 5) is -0.108. The molecular formula is C7H7ClO4S. The molecule has 72 valence electrons. The van der Waals surface area contributed by atoms with Crippen molar-refractivity contribution in [3.8, 4) is 11.5 Å². The van der Waals surface area contributed by atoms with Gasteiger partial charge in [-0.1, -0.05) is 0 Å². The Kier molecular flexibility index (Phi) is 2.68. The molecule has 0 bridgehead atoms. The lowest BCUT2D eigenvalue weighted by Crippen LogP contribution is -1.92. The first-order chi connectivity index (χ1) is 5.95. The monoisotopic (exact) mass is 222 g/mol. The third kappa shape index (κ3) is 2.26. The highest BCUT2D eigenvalue weighted by Gasteiger charge is 2.12. The van der Waals surface area contributed by atoms with Gasteiger partial charge in [0.05, 0.1) is 12.0 Å². The molecule has 1 aromatic carbocycles. The molecule has 0 fully saturated rings. The van der Waals surface area contributed by atoms with Crippen LogP contribution < -0.4 is 4.74 Å². The van der Waals surface area contributed by atoms with Gasteiger partial charge in [-0.25, -0.2) is 8.42 Å². The van der Waals surface area contributed by atoms with Gasteiger partial charge in [0.15, 0.2) is 11.5 Å².